The Hall–Kier alpha value is -0.320. The summed E-state index contributed by atoms with van der Waals surface area (Å²) >= 11 is 4.70. The fraction of sp³-hybridized carbons (Fsp3) is 0.462. The molecule has 4 heteroatoms. The minimum Gasteiger partial charge on any atom is -0.277 e. The number of hydrogen-bond acceptors (Lipinski definition) is 3. The summed E-state index contributed by atoms with van der Waals surface area (Å²) in [5, 5.41) is 5.22. The van der Waals surface area contributed by atoms with Crippen molar-refractivity contribution in [2.45, 2.75) is 38.4 Å². The van der Waals surface area contributed by atoms with Crippen LogP contribution in [0.5, 0.6) is 0 Å². The molecule has 0 aromatic carbocycles. The second-order valence-corrected chi connectivity index (χ2v) is 6.78. The molecule has 0 saturated heterocycles. The van der Waals surface area contributed by atoms with Crippen LogP contribution in [-0.4, -0.2) is 9.73 Å². The maximum atomic E-state index is 5.22. The SMILES string of the molecule is C=CCCc1cccc(Br)n1.CC(C)(C)SN. The molecule has 2 N–H and O–H groups in total. The van der Waals surface area contributed by atoms with Gasteiger partial charge in [0.2, 0.25) is 0 Å². The number of halogens is 1. The predicted octanol–water partition coefficient (Wildman–Crippen LogP) is 4.35. The molecule has 1 rings (SSSR count). The molecule has 1 aromatic rings. The number of hydrogen-bond donors (Lipinski definition) is 1. The third-order valence-corrected chi connectivity index (χ3v) is 2.88. The molecular weight excluding hydrogens is 296 g/mol. The van der Waals surface area contributed by atoms with E-state index in [9.17, 15) is 0 Å². The Bertz CT molecular complexity index is 334. The van der Waals surface area contributed by atoms with Crippen LogP contribution in [0.4, 0.5) is 0 Å². The van der Waals surface area contributed by atoms with Crippen molar-refractivity contribution >= 4 is 27.9 Å². The minimum atomic E-state index is 0.236. The molecule has 0 amide bonds. The van der Waals surface area contributed by atoms with Crippen molar-refractivity contribution in [2.24, 2.45) is 5.14 Å². The van der Waals surface area contributed by atoms with Crippen LogP contribution >= 0.6 is 27.9 Å². The van der Waals surface area contributed by atoms with Gasteiger partial charge in [0, 0.05) is 10.4 Å². The number of pyridine rings is 1. The quantitative estimate of drug-likeness (QED) is 0.511. The summed E-state index contributed by atoms with van der Waals surface area (Å²) in [6, 6.07) is 5.95. The first-order chi connectivity index (χ1) is 7.89. The molecule has 0 atom stereocenters. The Labute approximate surface area is 117 Å². The first-order valence-electron chi connectivity index (χ1n) is 5.49. The molecule has 0 saturated carbocycles. The lowest BCUT2D eigenvalue weighted by Gasteiger charge is -2.11. The highest BCUT2D eigenvalue weighted by molar-refractivity contribution is 9.10. The Morgan fingerprint density at radius 3 is 2.47 bits per heavy atom. The van der Waals surface area contributed by atoms with E-state index in [1.165, 1.54) is 11.9 Å². The number of allylic oxidation sites excluding steroid dienone is 1. The summed E-state index contributed by atoms with van der Waals surface area (Å²) < 4.78 is 1.14. The van der Waals surface area contributed by atoms with Gasteiger partial charge in [0.15, 0.2) is 0 Å². The Morgan fingerprint density at radius 2 is 2.06 bits per heavy atom. The maximum absolute atomic E-state index is 5.22. The zero-order valence-electron chi connectivity index (χ0n) is 10.7. The molecule has 1 heterocycles. The normalized spacial score (nSPS) is 10.4. The number of aromatic nitrogens is 1. The van der Waals surface area contributed by atoms with Crippen molar-refractivity contribution in [3.63, 3.8) is 0 Å². The highest BCUT2D eigenvalue weighted by Gasteiger charge is 2.05. The summed E-state index contributed by atoms with van der Waals surface area (Å²) in [6.07, 6.45) is 3.87. The van der Waals surface area contributed by atoms with Crippen LogP contribution in [0.15, 0.2) is 35.5 Å². The smallest absolute Gasteiger partial charge is 0.106 e. The zero-order chi connectivity index (χ0) is 13.3. The molecule has 0 unspecified atom stereocenters. The van der Waals surface area contributed by atoms with Gasteiger partial charge in [-0.05, 0) is 61.7 Å². The van der Waals surface area contributed by atoms with Crippen molar-refractivity contribution < 1.29 is 0 Å². The average molecular weight is 317 g/mol. The topological polar surface area (TPSA) is 38.9 Å². The predicted molar refractivity (Wildman–Crippen MR) is 82.0 cm³/mol. The highest BCUT2D eigenvalue weighted by Crippen LogP contribution is 2.15. The van der Waals surface area contributed by atoms with Crippen LogP contribution in [0, 0.1) is 0 Å². The van der Waals surface area contributed by atoms with Crippen molar-refractivity contribution in [1.29, 1.82) is 0 Å². The van der Waals surface area contributed by atoms with Crippen LogP contribution in [0.2, 0.25) is 0 Å². The van der Waals surface area contributed by atoms with Crippen LogP contribution < -0.4 is 5.14 Å². The van der Waals surface area contributed by atoms with Gasteiger partial charge in [0.05, 0.1) is 0 Å². The van der Waals surface area contributed by atoms with E-state index in [0.717, 1.165) is 23.1 Å². The molecule has 0 aliphatic rings. The molecule has 1 aromatic heterocycles. The average Bonchev–Trinajstić information content (AvgIpc) is 2.26. The highest BCUT2D eigenvalue weighted by atomic mass is 79.9. The molecule has 2 nitrogen and oxygen atoms in total. The minimum absolute atomic E-state index is 0.236. The van der Waals surface area contributed by atoms with Gasteiger partial charge in [-0.2, -0.15) is 0 Å². The lowest BCUT2D eigenvalue weighted by molar-refractivity contribution is 0.804. The summed E-state index contributed by atoms with van der Waals surface area (Å²) in [6.45, 7) is 9.90. The molecule has 96 valence electrons. The lowest BCUT2D eigenvalue weighted by atomic mass is 10.2. The van der Waals surface area contributed by atoms with Crippen molar-refractivity contribution in [2.75, 3.05) is 0 Å². The second kappa shape index (κ2) is 8.72. The van der Waals surface area contributed by atoms with Gasteiger partial charge in [0.25, 0.3) is 0 Å². The van der Waals surface area contributed by atoms with E-state index in [1.54, 1.807) is 0 Å². The van der Waals surface area contributed by atoms with Gasteiger partial charge in [0.1, 0.15) is 4.60 Å². The standard InChI is InChI=1S/C9H10BrN.C4H11NS/c1-2-3-5-8-6-4-7-9(10)11-8;1-4(2,3)6-5/h2,4,6-7H,1,3,5H2;5H2,1-3H3. The fourth-order valence-corrected chi connectivity index (χ4v) is 1.22. The van der Waals surface area contributed by atoms with Gasteiger partial charge < -0.3 is 0 Å². The molecule has 17 heavy (non-hydrogen) atoms. The van der Waals surface area contributed by atoms with Crippen LogP contribution in [0.1, 0.15) is 32.9 Å². The van der Waals surface area contributed by atoms with Gasteiger partial charge in [-0.1, -0.05) is 24.1 Å². The third kappa shape index (κ3) is 10.5. The van der Waals surface area contributed by atoms with E-state index in [0.29, 0.717) is 0 Å². The van der Waals surface area contributed by atoms with E-state index in [2.05, 4.69) is 48.3 Å². The number of nitrogens with zero attached hydrogens (tertiary/aromatic N) is 1. The van der Waals surface area contributed by atoms with Gasteiger partial charge in [-0.3, -0.25) is 5.14 Å². The van der Waals surface area contributed by atoms with Gasteiger partial charge in [-0.25, -0.2) is 4.98 Å². The van der Waals surface area contributed by atoms with E-state index in [1.807, 2.05) is 24.3 Å². The summed E-state index contributed by atoms with van der Waals surface area (Å²) in [5.74, 6) is 0. The molecule has 0 spiro atoms. The molecule has 0 aliphatic heterocycles. The summed E-state index contributed by atoms with van der Waals surface area (Å²) in [4.78, 5) is 4.28. The van der Waals surface area contributed by atoms with E-state index in [-0.39, 0.29) is 4.75 Å². The van der Waals surface area contributed by atoms with Gasteiger partial charge >= 0.3 is 0 Å². The first kappa shape index (κ1) is 16.7. The molecular formula is C13H21BrN2S. The third-order valence-electron chi connectivity index (χ3n) is 1.73. The molecule has 0 bridgehead atoms. The number of aryl methyl sites for hydroxylation is 1. The monoisotopic (exact) mass is 316 g/mol. The van der Waals surface area contributed by atoms with Crippen LogP contribution in [0.25, 0.3) is 0 Å². The Morgan fingerprint density at radius 1 is 1.47 bits per heavy atom. The first-order valence-corrected chi connectivity index (χ1v) is 7.16. The number of rotatable bonds is 3. The fourth-order valence-electron chi connectivity index (χ4n) is 0.839. The summed E-state index contributed by atoms with van der Waals surface area (Å²) in [7, 11) is 0. The van der Waals surface area contributed by atoms with Crippen LogP contribution in [0.3, 0.4) is 0 Å². The van der Waals surface area contributed by atoms with Gasteiger partial charge in [-0.15, -0.1) is 6.58 Å². The molecule has 0 fully saturated rings. The van der Waals surface area contributed by atoms with Crippen LogP contribution in [-0.2, 0) is 6.42 Å². The van der Waals surface area contributed by atoms with Crippen molar-refractivity contribution in [3.05, 3.63) is 41.2 Å². The summed E-state index contributed by atoms with van der Waals surface area (Å²) in [5.41, 5.74) is 1.11. The second-order valence-electron chi connectivity index (χ2n) is 4.51. The van der Waals surface area contributed by atoms with Crippen molar-refractivity contribution in [3.8, 4) is 0 Å². The van der Waals surface area contributed by atoms with E-state index < -0.39 is 0 Å². The Balaban J connectivity index is 0.000000366. The maximum Gasteiger partial charge on any atom is 0.106 e. The molecule has 0 radical (unpaired) electrons. The molecule has 0 aliphatic carbocycles. The number of nitrogens with two attached hydrogens (primary N) is 1. The zero-order valence-corrected chi connectivity index (χ0v) is 13.1. The van der Waals surface area contributed by atoms with E-state index >= 15 is 0 Å². The van der Waals surface area contributed by atoms with Crippen molar-refractivity contribution in [1.82, 2.24) is 4.98 Å². The Kier molecular flexibility index (Phi) is 8.56. The lowest BCUT2D eigenvalue weighted by Crippen LogP contribution is -2.09. The largest absolute Gasteiger partial charge is 0.277 e. The van der Waals surface area contributed by atoms with E-state index in [4.69, 9.17) is 5.14 Å².